The van der Waals surface area contributed by atoms with Gasteiger partial charge in [-0.05, 0) is 49.3 Å². The smallest absolute Gasteiger partial charge is 0.326 e. The molecule has 2 aliphatic rings. The van der Waals surface area contributed by atoms with E-state index in [1.54, 1.807) is 0 Å². The minimum atomic E-state index is -1.42. The van der Waals surface area contributed by atoms with Crippen LogP contribution in [-0.4, -0.2) is 106 Å². The monoisotopic (exact) mass is 750 g/mol. The van der Waals surface area contributed by atoms with Crippen LogP contribution in [0.3, 0.4) is 0 Å². The Morgan fingerprint density at radius 2 is 1.54 bits per heavy atom. The van der Waals surface area contributed by atoms with E-state index in [1.807, 2.05) is 0 Å². The Bertz CT molecular complexity index is 1670. The van der Waals surface area contributed by atoms with E-state index in [9.17, 15) is 43.1 Å². The first-order valence-corrected chi connectivity index (χ1v) is 18.1. The Kier molecular flexibility index (Phi) is 15.6. The third kappa shape index (κ3) is 13.0. The zero-order chi connectivity index (χ0) is 39.0. The Morgan fingerprint density at radius 3 is 2.20 bits per heavy atom. The number of carbonyl (C=O) groups is 7. The number of nitrogens with zero attached hydrogens (tertiary/aromatic N) is 3. The summed E-state index contributed by atoms with van der Waals surface area (Å²) in [4.78, 5) is 101. The fourth-order valence-electron chi connectivity index (χ4n) is 6.42. The van der Waals surface area contributed by atoms with Crippen molar-refractivity contribution in [3.8, 4) is 0 Å². The van der Waals surface area contributed by atoms with Crippen LogP contribution in [0.1, 0.15) is 73.8 Å². The molecule has 1 aromatic heterocycles. The summed E-state index contributed by atoms with van der Waals surface area (Å²) in [6.45, 7) is -0.0493. The van der Waals surface area contributed by atoms with Crippen molar-refractivity contribution in [3.05, 3.63) is 72.1 Å². The largest absolute Gasteiger partial charge is 0.480 e. The molecule has 1 fully saturated rings. The molecular formula is C37H47FN8O8. The molecule has 4 atom stereocenters. The second kappa shape index (κ2) is 20.5. The number of halogens is 1. The molecule has 1 aliphatic heterocycles. The molecule has 0 bridgehead atoms. The van der Waals surface area contributed by atoms with Crippen LogP contribution in [0.2, 0.25) is 0 Å². The summed E-state index contributed by atoms with van der Waals surface area (Å²) in [7, 11) is 1.41. The number of amides is 6. The first-order valence-electron chi connectivity index (χ1n) is 18.1. The van der Waals surface area contributed by atoms with Crippen molar-refractivity contribution in [1.82, 2.24) is 41.5 Å². The number of nitrogens with one attached hydrogen (secondary N) is 5. The predicted molar refractivity (Wildman–Crippen MR) is 192 cm³/mol. The molecule has 6 N–H and O–H groups in total. The maximum Gasteiger partial charge on any atom is 0.326 e. The van der Waals surface area contributed by atoms with Gasteiger partial charge in [0.05, 0.1) is 6.20 Å². The molecule has 290 valence electrons. The van der Waals surface area contributed by atoms with Crippen molar-refractivity contribution in [2.45, 2.75) is 88.4 Å². The summed E-state index contributed by atoms with van der Waals surface area (Å²) in [5, 5.41) is 22.9. The van der Waals surface area contributed by atoms with Crippen molar-refractivity contribution < 1.29 is 43.1 Å². The van der Waals surface area contributed by atoms with Gasteiger partial charge in [-0.1, -0.05) is 44.2 Å². The van der Waals surface area contributed by atoms with Crippen LogP contribution in [0, 0.1) is 11.7 Å². The Morgan fingerprint density at radius 1 is 0.870 bits per heavy atom. The van der Waals surface area contributed by atoms with Crippen molar-refractivity contribution in [1.29, 1.82) is 0 Å². The maximum atomic E-state index is 14.1. The second-order valence-corrected chi connectivity index (χ2v) is 13.5. The fourth-order valence-corrected chi connectivity index (χ4v) is 6.42. The van der Waals surface area contributed by atoms with Gasteiger partial charge in [0.15, 0.2) is 0 Å². The van der Waals surface area contributed by atoms with Crippen LogP contribution in [0.25, 0.3) is 0 Å². The zero-order valence-electron chi connectivity index (χ0n) is 30.1. The van der Waals surface area contributed by atoms with Crippen LogP contribution in [0.15, 0.2) is 55.0 Å². The lowest BCUT2D eigenvalue weighted by Crippen LogP contribution is -2.58. The van der Waals surface area contributed by atoms with E-state index >= 15 is 0 Å². The molecule has 0 radical (unpaired) electrons. The molecule has 2 heterocycles. The Balaban J connectivity index is 1.63. The minimum Gasteiger partial charge on any atom is -0.480 e. The molecular weight excluding hydrogens is 703 g/mol. The van der Waals surface area contributed by atoms with Crippen LogP contribution >= 0.6 is 0 Å². The summed E-state index contributed by atoms with van der Waals surface area (Å²) in [6, 6.07) is 0.358. The number of likely N-dealkylation sites (N-methyl/N-ethyl adjacent to an activating group) is 1. The highest BCUT2D eigenvalue weighted by atomic mass is 19.1. The second-order valence-electron chi connectivity index (χ2n) is 13.5. The van der Waals surface area contributed by atoms with Gasteiger partial charge < -0.3 is 36.6 Å². The SMILES string of the molecule is CN1CC[C@@H](C(=O)O)NC(=O)/C=C\C(=O)N[C@@H](CC2CCCCC2)C(=O)N[C@@H](Cc2ccc(F)cc2)C(=O)N[C@@H](CCCNC(=O)c2cnccn2)C1=O. The number of carbonyl (C=O) groups excluding carboxylic acids is 6. The summed E-state index contributed by atoms with van der Waals surface area (Å²) < 4.78 is 13.8. The number of rotatable bonds is 10. The lowest BCUT2D eigenvalue weighted by Gasteiger charge is -2.29. The molecule has 0 unspecified atom stereocenters. The summed E-state index contributed by atoms with van der Waals surface area (Å²) in [5.41, 5.74) is 0.595. The van der Waals surface area contributed by atoms with E-state index in [0.29, 0.717) is 5.56 Å². The summed E-state index contributed by atoms with van der Waals surface area (Å²) in [6.07, 6.45) is 10.7. The van der Waals surface area contributed by atoms with Crippen molar-refractivity contribution >= 4 is 41.4 Å². The number of aliphatic carboxylic acids is 1. The average molecular weight is 751 g/mol. The number of hydrogen-bond acceptors (Lipinski definition) is 9. The third-order valence-corrected chi connectivity index (χ3v) is 9.41. The maximum absolute atomic E-state index is 14.1. The van der Waals surface area contributed by atoms with E-state index < -0.39 is 71.4 Å². The standard InChI is InChI=1S/C37H47FN8O8/c1-46-19-15-27(37(53)54)42-31(47)13-14-32(48)43-28(20-23-6-3-2-4-7-23)34(50)45-29(21-24-9-11-25(38)12-10-24)35(51)44-26(36(46)52)8-5-16-41-33(49)30-22-39-17-18-40-30/h9-14,17-18,22-23,26-29H,2-8,15-16,19-21H2,1H3,(H,41,49)(H,42,47)(H,43,48)(H,44,51)(H,45,50)(H,53,54)/b14-13-/t26-,27-,28-,29-/m0/s1. The van der Waals surface area contributed by atoms with Gasteiger partial charge in [0.1, 0.15) is 35.7 Å². The molecule has 2 aromatic rings. The quantitative estimate of drug-likeness (QED) is 0.187. The molecule has 1 aromatic carbocycles. The highest BCUT2D eigenvalue weighted by molar-refractivity contribution is 6.00. The fraction of sp³-hybridized carbons (Fsp3) is 0.486. The molecule has 16 nitrogen and oxygen atoms in total. The first-order chi connectivity index (χ1) is 25.9. The number of aromatic nitrogens is 2. The number of carboxylic acid groups (broad SMARTS) is 1. The molecule has 1 aliphatic carbocycles. The van der Waals surface area contributed by atoms with E-state index in [1.165, 1.54) is 54.8 Å². The molecule has 0 spiro atoms. The molecule has 17 heteroatoms. The molecule has 54 heavy (non-hydrogen) atoms. The van der Waals surface area contributed by atoms with Gasteiger partial charge in [-0.15, -0.1) is 0 Å². The van der Waals surface area contributed by atoms with Gasteiger partial charge in [0.2, 0.25) is 29.5 Å². The topological polar surface area (TPSA) is 229 Å². The van der Waals surface area contributed by atoms with E-state index in [4.69, 9.17) is 0 Å². The average Bonchev–Trinajstić information content (AvgIpc) is 3.16. The van der Waals surface area contributed by atoms with E-state index in [-0.39, 0.29) is 56.8 Å². The highest BCUT2D eigenvalue weighted by Gasteiger charge is 2.33. The van der Waals surface area contributed by atoms with Gasteiger partial charge in [-0.3, -0.25) is 33.8 Å². The molecule has 0 saturated heterocycles. The van der Waals surface area contributed by atoms with E-state index in [0.717, 1.165) is 44.3 Å². The highest BCUT2D eigenvalue weighted by Crippen LogP contribution is 2.27. The zero-order valence-corrected chi connectivity index (χ0v) is 30.1. The van der Waals surface area contributed by atoms with Gasteiger partial charge in [-0.2, -0.15) is 0 Å². The van der Waals surface area contributed by atoms with E-state index in [2.05, 4.69) is 36.6 Å². The number of carboxylic acids is 1. The Labute approximate surface area is 312 Å². The van der Waals surface area contributed by atoms with Crippen LogP contribution < -0.4 is 26.6 Å². The Hall–Kier alpha value is -5.74. The van der Waals surface area contributed by atoms with Crippen LogP contribution in [-0.2, 0) is 35.2 Å². The van der Waals surface area contributed by atoms with Crippen molar-refractivity contribution in [3.63, 3.8) is 0 Å². The number of hydrogen-bond donors (Lipinski definition) is 6. The van der Waals surface area contributed by atoms with Gasteiger partial charge in [0.25, 0.3) is 5.91 Å². The lowest BCUT2D eigenvalue weighted by molar-refractivity contribution is -0.142. The predicted octanol–water partition coefficient (Wildman–Crippen LogP) is 0.781. The molecule has 1 saturated carbocycles. The molecule has 6 amide bonds. The first kappa shape index (κ1) is 41.0. The van der Waals surface area contributed by atoms with Gasteiger partial charge in [-0.25, -0.2) is 14.2 Å². The lowest BCUT2D eigenvalue weighted by atomic mass is 9.84. The van der Waals surface area contributed by atoms with Gasteiger partial charge >= 0.3 is 5.97 Å². The van der Waals surface area contributed by atoms with Crippen molar-refractivity contribution in [2.24, 2.45) is 5.92 Å². The van der Waals surface area contributed by atoms with Crippen LogP contribution in [0.4, 0.5) is 4.39 Å². The summed E-state index contributed by atoms with van der Waals surface area (Å²) in [5.74, 6) is -5.89. The van der Waals surface area contributed by atoms with Gasteiger partial charge in [0, 0.05) is 51.1 Å². The van der Waals surface area contributed by atoms with Crippen molar-refractivity contribution in [2.75, 3.05) is 20.1 Å². The summed E-state index contributed by atoms with van der Waals surface area (Å²) >= 11 is 0. The minimum absolute atomic E-state index is 0.0249. The normalized spacial score (nSPS) is 23.1. The molecule has 4 rings (SSSR count). The third-order valence-electron chi connectivity index (χ3n) is 9.41. The number of benzene rings is 1. The van der Waals surface area contributed by atoms with Crippen LogP contribution in [0.5, 0.6) is 0 Å².